The molecule has 0 saturated carbocycles. The molecule has 0 aromatic heterocycles. The molecule has 0 aliphatic carbocycles. The van der Waals surface area contributed by atoms with Gasteiger partial charge in [-0.25, -0.2) is 0 Å². The van der Waals surface area contributed by atoms with E-state index in [1.807, 2.05) is 13.8 Å². The maximum atomic E-state index is 12.1. The zero-order chi connectivity index (χ0) is 11.7. The van der Waals surface area contributed by atoms with Crippen molar-refractivity contribution < 1.29 is 9.09 Å². The Morgan fingerprint density at radius 3 is 2.20 bits per heavy atom. The number of hydrogen-bond donors (Lipinski definition) is 0. The molecule has 0 rings (SSSR count). The molecule has 5 heteroatoms. The Morgan fingerprint density at radius 2 is 1.80 bits per heavy atom. The molecule has 1 unspecified atom stereocenters. The van der Waals surface area contributed by atoms with Gasteiger partial charge in [0.1, 0.15) is 0 Å². The molecule has 92 valence electrons. The van der Waals surface area contributed by atoms with Crippen molar-refractivity contribution in [1.29, 1.82) is 0 Å². The SMILES string of the molecule is CCOP(=O)(CC)[Se]CCN(CC)CC. The third-order valence-corrected chi connectivity index (χ3v) is 10.6. The van der Waals surface area contributed by atoms with Crippen LogP contribution in [0.5, 0.6) is 0 Å². The van der Waals surface area contributed by atoms with Gasteiger partial charge in [-0.2, -0.15) is 0 Å². The zero-order valence-electron chi connectivity index (χ0n) is 10.4. The van der Waals surface area contributed by atoms with E-state index < -0.39 is 6.06 Å². The van der Waals surface area contributed by atoms with Gasteiger partial charge in [0.15, 0.2) is 0 Å². The van der Waals surface area contributed by atoms with E-state index in [1.165, 1.54) is 0 Å². The van der Waals surface area contributed by atoms with Crippen molar-refractivity contribution in [2.45, 2.75) is 33.0 Å². The van der Waals surface area contributed by atoms with E-state index in [4.69, 9.17) is 4.52 Å². The second-order valence-corrected chi connectivity index (χ2v) is 11.6. The molecule has 0 bridgehead atoms. The van der Waals surface area contributed by atoms with Crippen molar-refractivity contribution in [3.63, 3.8) is 0 Å². The molecule has 0 aromatic rings. The predicted molar refractivity (Wildman–Crippen MR) is 68.1 cm³/mol. The first-order valence-electron chi connectivity index (χ1n) is 5.72. The van der Waals surface area contributed by atoms with Crippen LogP contribution < -0.4 is 0 Å². The maximum absolute atomic E-state index is 12.1. The fourth-order valence-corrected chi connectivity index (χ4v) is 7.55. The first-order chi connectivity index (χ1) is 7.11. The summed E-state index contributed by atoms with van der Waals surface area (Å²) in [7, 11) is 0. The summed E-state index contributed by atoms with van der Waals surface area (Å²) in [5.41, 5.74) is 0. The van der Waals surface area contributed by atoms with Gasteiger partial charge in [0, 0.05) is 0 Å². The molecular weight excluding hydrogens is 276 g/mol. The summed E-state index contributed by atoms with van der Waals surface area (Å²) in [6, 6.07) is -2.24. The monoisotopic (exact) mass is 301 g/mol. The summed E-state index contributed by atoms with van der Waals surface area (Å²) in [4.78, 5) is 2.37. The zero-order valence-corrected chi connectivity index (χ0v) is 13.0. The molecular formula is C10H24NO2PSe. The van der Waals surface area contributed by atoms with E-state index in [9.17, 15) is 4.57 Å². The molecule has 0 saturated heterocycles. The predicted octanol–water partition coefficient (Wildman–Crippen LogP) is 2.70. The van der Waals surface area contributed by atoms with Crippen LogP contribution in [0.25, 0.3) is 0 Å². The summed E-state index contributed by atoms with van der Waals surface area (Å²) in [5, 5.41) is 1.04. The molecule has 0 aromatic carbocycles. The van der Waals surface area contributed by atoms with E-state index in [-0.39, 0.29) is 14.5 Å². The van der Waals surface area contributed by atoms with Gasteiger partial charge in [0.25, 0.3) is 0 Å². The summed E-state index contributed by atoms with van der Waals surface area (Å²) in [6.07, 6.45) is 0.694. The Bertz CT molecular complexity index is 198. The van der Waals surface area contributed by atoms with Gasteiger partial charge in [-0.1, -0.05) is 0 Å². The summed E-state index contributed by atoms with van der Waals surface area (Å²) in [6.45, 7) is 12.0. The van der Waals surface area contributed by atoms with E-state index in [2.05, 4.69) is 18.7 Å². The Balaban J connectivity index is 3.85. The van der Waals surface area contributed by atoms with Gasteiger partial charge < -0.3 is 0 Å². The number of rotatable bonds is 9. The molecule has 0 spiro atoms. The third kappa shape index (κ3) is 6.76. The van der Waals surface area contributed by atoms with Crippen LogP contribution in [-0.2, 0) is 9.09 Å². The van der Waals surface area contributed by atoms with Gasteiger partial charge in [0.05, 0.1) is 0 Å². The summed E-state index contributed by atoms with van der Waals surface area (Å²) < 4.78 is 17.5. The second kappa shape index (κ2) is 8.78. The Hall–Kier alpha value is 0.669. The van der Waals surface area contributed by atoms with Crippen LogP contribution in [0.3, 0.4) is 0 Å². The molecule has 1 atom stereocenters. The Morgan fingerprint density at radius 1 is 1.20 bits per heavy atom. The summed E-state index contributed by atoms with van der Waals surface area (Å²) in [5.74, 6) is 0. The quantitative estimate of drug-likeness (QED) is 0.484. The van der Waals surface area contributed by atoms with Gasteiger partial charge >= 0.3 is 100.0 Å². The first-order valence-corrected chi connectivity index (χ1v) is 11.0. The molecule has 0 radical (unpaired) electrons. The minimum absolute atomic E-state index is 0.153. The molecule has 0 amide bonds. The Kier molecular flexibility index (Phi) is 9.17. The molecule has 0 N–H and O–H groups in total. The van der Waals surface area contributed by atoms with Gasteiger partial charge in [-0.3, -0.25) is 0 Å². The average Bonchev–Trinajstić information content (AvgIpc) is 2.25. The molecule has 0 aliphatic rings. The standard InChI is InChI=1S/C10H24NO2PSe/c1-5-11(6-2)9-10-15-14(12,8-4)13-7-3/h5-10H2,1-4H3. The minimum atomic E-state index is -2.24. The van der Waals surface area contributed by atoms with Crippen molar-refractivity contribution >= 4 is 20.6 Å². The van der Waals surface area contributed by atoms with Gasteiger partial charge in [-0.05, 0) is 0 Å². The fourth-order valence-electron chi connectivity index (χ4n) is 1.27. The average molecular weight is 300 g/mol. The molecule has 15 heavy (non-hydrogen) atoms. The van der Waals surface area contributed by atoms with Crippen LogP contribution in [0.4, 0.5) is 0 Å². The van der Waals surface area contributed by atoms with Crippen molar-refractivity contribution in [2.75, 3.05) is 32.4 Å². The third-order valence-electron chi connectivity index (χ3n) is 2.30. The van der Waals surface area contributed by atoms with Crippen LogP contribution >= 0.6 is 6.06 Å². The van der Waals surface area contributed by atoms with Gasteiger partial charge in [-0.15, -0.1) is 0 Å². The molecule has 3 nitrogen and oxygen atoms in total. The molecule has 0 fully saturated rings. The normalized spacial score (nSPS) is 15.5. The van der Waals surface area contributed by atoms with Crippen LogP contribution in [0, 0.1) is 0 Å². The van der Waals surface area contributed by atoms with Crippen molar-refractivity contribution in [3.05, 3.63) is 0 Å². The van der Waals surface area contributed by atoms with E-state index in [0.29, 0.717) is 12.8 Å². The van der Waals surface area contributed by atoms with Crippen LogP contribution in [0.2, 0.25) is 5.32 Å². The first kappa shape index (κ1) is 15.7. The fraction of sp³-hybridized carbons (Fsp3) is 1.00. The molecule has 0 aliphatic heterocycles. The van der Waals surface area contributed by atoms with Crippen molar-refractivity contribution in [1.82, 2.24) is 4.90 Å². The topological polar surface area (TPSA) is 29.5 Å². The molecule has 0 heterocycles. The van der Waals surface area contributed by atoms with Gasteiger partial charge in [0.2, 0.25) is 0 Å². The second-order valence-electron chi connectivity index (χ2n) is 3.21. The van der Waals surface area contributed by atoms with E-state index in [1.54, 1.807) is 0 Å². The van der Waals surface area contributed by atoms with Crippen LogP contribution in [0.1, 0.15) is 27.7 Å². The van der Waals surface area contributed by atoms with Crippen LogP contribution in [-0.4, -0.2) is 51.8 Å². The van der Waals surface area contributed by atoms with Crippen molar-refractivity contribution in [2.24, 2.45) is 0 Å². The van der Waals surface area contributed by atoms with E-state index in [0.717, 1.165) is 25.0 Å². The van der Waals surface area contributed by atoms with E-state index >= 15 is 0 Å². The van der Waals surface area contributed by atoms with Crippen molar-refractivity contribution in [3.8, 4) is 0 Å². The number of nitrogens with zero attached hydrogens (tertiary/aromatic N) is 1. The summed E-state index contributed by atoms with van der Waals surface area (Å²) >= 11 is 0.153. The van der Waals surface area contributed by atoms with Crippen LogP contribution in [0.15, 0.2) is 0 Å². The number of hydrogen-bond acceptors (Lipinski definition) is 3. The Labute approximate surface area is 100 Å².